The number of ether oxygens (including phenoxy) is 1. The Labute approximate surface area is 174 Å². The topological polar surface area (TPSA) is 66.5 Å². The van der Waals surface area contributed by atoms with Gasteiger partial charge in [0.2, 0.25) is 0 Å². The first-order valence-electron chi connectivity index (χ1n) is 9.69. The summed E-state index contributed by atoms with van der Waals surface area (Å²) in [4.78, 5) is 18.9. The normalized spacial score (nSPS) is 17.0. The zero-order chi connectivity index (χ0) is 19.9. The SMILES string of the molecule is O=C(NCC1CN(Cc2ccccc2)CCO1)Nc1ccc(-c2nccs2)cc1. The molecular weight excluding hydrogens is 384 g/mol. The van der Waals surface area contributed by atoms with Crippen molar-refractivity contribution in [2.45, 2.75) is 12.6 Å². The number of carbonyl (C=O) groups excluding carboxylic acids is 1. The van der Waals surface area contributed by atoms with Gasteiger partial charge in [-0.3, -0.25) is 4.90 Å². The predicted molar refractivity (Wildman–Crippen MR) is 116 cm³/mol. The van der Waals surface area contributed by atoms with Crippen molar-refractivity contribution in [1.29, 1.82) is 0 Å². The molecule has 0 bridgehead atoms. The van der Waals surface area contributed by atoms with Crippen LogP contribution >= 0.6 is 11.3 Å². The summed E-state index contributed by atoms with van der Waals surface area (Å²) in [5, 5.41) is 8.70. The molecule has 1 saturated heterocycles. The molecule has 29 heavy (non-hydrogen) atoms. The van der Waals surface area contributed by atoms with E-state index in [1.807, 2.05) is 35.7 Å². The summed E-state index contributed by atoms with van der Waals surface area (Å²) in [5.74, 6) is 0. The van der Waals surface area contributed by atoms with Gasteiger partial charge in [-0.05, 0) is 29.8 Å². The van der Waals surface area contributed by atoms with Crippen LogP contribution in [0.2, 0.25) is 0 Å². The molecule has 2 N–H and O–H groups in total. The summed E-state index contributed by atoms with van der Waals surface area (Å²) >= 11 is 1.59. The molecule has 2 aromatic carbocycles. The summed E-state index contributed by atoms with van der Waals surface area (Å²) in [6.45, 7) is 3.77. The van der Waals surface area contributed by atoms with Crippen LogP contribution in [0.3, 0.4) is 0 Å². The van der Waals surface area contributed by atoms with Crippen LogP contribution in [0.5, 0.6) is 0 Å². The van der Waals surface area contributed by atoms with E-state index < -0.39 is 0 Å². The lowest BCUT2D eigenvalue weighted by molar-refractivity contribution is -0.0285. The number of nitrogens with zero attached hydrogens (tertiary/aromatic N) is 2. The quantitative estimate of drug-likeness (QED) is 0.651. The van der Waals surface area contributed by atoms with Gasteiger partial charge < -0.3 is 15.4 Å². The highest BCUT2D eigenvalue weighted by Crippen LogP contribution is 2.23. The van der Waals surface area contributed by atoms with Crippen LogP contribution < -0.4 is 10.6 Å². The van der Waals surface area contributed by atoms with Crippen molar-refractivity contribution in [1.82, 2.24) is 15.2 Å². The average Bonchev–Trinajstić information content (AvgIpc) is 3.29. The van der Waals surface area contributed by atoms with E-state index in [-0.39, 0.29) is 12.1 Å². The number of benzene rings is 2. The number of carbonyl (C=O) groups is 1. The van der Waals surface area contributed by atoms with Gasteiger partial charge in [-0.1, -0.05) is 30.3 Å². The van der Waals surface area contributed by atoms with Gasteiger partial charge in [0.25, 0.3) is 0 Å². The molecule has 2 amide bonds. The minimum Gasteiger partial charge on any atom is -0.374 e. The van der Waals surface area contributed by atoms with Gasteiger partial charge in [-0.25, -0.2) is 9.78 Å². The second-order valence-corrected chi connectivity index (χ2v) is 7.86. The van der Waals surface area contributed by atoms with Crippen molar-refractivity contribution in [3.05, 3.63) is 71.7 Å². The molecule has 1 fully saturated rings. The maximum absolute atomic E-state index is 12.2. The maximum Gasteiger partial charge on any atom is 0.319 e. The fourth-order valence-electron chi connectivity index (χ4n) is 3.33. The number of anilines is 1. The van der Waals surface area contributed by atoms with Crippen LogP contribution in [0.25, 0.3) is 10.6 Å². The molecule has 0 spiro atoms. The highest BCUT2D eigenvalue weighted by molar-refractivity contribution is 7.13. The van der Waals surface area contributed by atoms with E-state index in [4.69, 9.17) is 4.74 Å². The number of rotatable bonds is 6. The first kappa shape index (κ1) is 19.6. The molecular formula is C22H24N4O2S. The third kappa shape index (κ3) is 5.63. The number of hydrogen-bond acceptors (Lipinski definition) is 5. The highest BCUT2D eigenvalue weighted by Gasteiger charge is 2.21. The van der Waals surface area contributed by atoms with E-state index in [1.54, 1.807) is 17.5 Å². The lowest BCUT2D eigenvalue weighted by Gasteiger charge is -2.33. The van der Waals surface area contributed by atoms with Gasteiger partial charge in [-0.15, -0.1) is 11.3 Å². The molecule has 0 radical (unpaired) electrons. The van der Waals surface area contributed by atoms with Crippen molar-refractivity contribution in [2.24, 2.45) is 0 Å². The largest absolute Gasteiger partial charge is 0.374 e. The average molecular weight is 409 g/mol. The third-order valence-corrected chi connectivity index (χ3v) is 5.61. The zero-order valence-electron chi connectivity index (χ0n) is 16.1. The maximum atomic E-state index is 12.2. The Balaban J connectivity index is 1.23. The Morgan fingerprint density at radius 1 is 1.17 bits per heavy atom. The number of urea groups is 1. The molecule has 2 heterocycles. The molecule has 3 aromatic rings. The Hall–Kier alpha value is -2.74. The molecule has 1 atom stereocenters. The number of amides is 2. The van der Waals surface area contributed by atoms with Crippen molar-refractivity contribution >= 4 is 23.1 Å². The first-order valence-corrected chi connectivity index (χ1v) is 10.6. The first-order chi connectivity index (χ1) is 14.3. The van der Waals surface area contributed by atoms with Crippen molar-refractivity contribution in [2.75, 3.05) is 31.6 Å². The summed E-state index contributed by atoms with van der Waals surface area (Å²) in [6, 6.07) is 17.9. The van der Waals surface area contributed by atoms with Crippen molar-refractivity contribution < 1.29 is 9.53 Å². The molecule has 1 aliphatic rings. The van der Waals surface area contributed by atoms with Gasteiger partial charge in [0.1, 0.15) is 5.01 Å². The fraction of sp³-hybridized carbons (Fsp3) is 0.273. The number of hydrogen-bond donors (Lipinski definition) is 2. The van der Waals surface area contributed by atoms with Crippen LogP contribution in [0.1, 0.15) is 5.56 Å². The number of nitrogens with one attached hydrogen (secondary N) is 2. The van der Waals surface area contributed by atoms with Crippen LogP contribution in [0, 0.1) is 0 Å². The summed E-state index contributed by atoms with van der Waals surface area (Å²) in [6.07, 6.45) is 1.78. The molecule has 7 heteroatoms. The molecule has 4 rings (SSSR count). The number of thiazole rings is 1. The standard InChI is InChI=1S/C22H24N4O2S/c27-22(25-19-8-6-18(7-9-19)21-23-10-13-29-21)24-14-20-16-26(11-12-28-20)15-17-4-2-1-3-5-17/h1-10,13,20H,11-12,14-16H2,(H2,24,25,27). The molecule has 1 aliphatic heterocycles. The Morgan fingerprint density at radius 2 is 2.00 bits per heavy atom. The van der Waals surface area contributed by atoms with Crippen LogP contribution in [-0.4, -0.2) is 48.3 Å². The van der Waals surface area contributed by atoms with Gasteiger partial charge in [0, 0.05) is 49.0 Å². The summed E-state index contributed by atoms with van der Waals surface area (Å²) < 4.78 is 5.81. The van der Waals surface area contributed by atoms with Crippen LogP contribution in [0.4, 0.5) is 10.5 Å². The lowest BCUT2D eigenvalue weighted by atomic mass is 10.2. The van der Waals surface area contributed by atoms with E-state index in [1.165, 1.54) is 5.56 Å². The summed E-state index contributed by atoms with van der Waals surface area (Å²) in [5.41, 5.74) is 3.08. The van der Waals surface area contributed by atoms with E-state index >= 15 is 0 Å². The molecule has 150 valence electrons. The van der Waals surface area contributed by atoms with E-state index in [0.29, 0.717) is 13.2 Å². The minimum atomic E-state index is -0.226. The molecule has 1 unspecified atom stereocenters. The van der Waals surface area contributed by atoms with Crippen molar-refractivity contribution in [3.8, 4) is 10.6 Å². The van der Waals surface area contributed by atoms with Crippen molar-refractivity contribution in [3.63, 3.8) is 0 Å². The van der Waals surface area contributed by atoms with E-state index in [0.717, 1.165) is 35.9 Å². The Kier molecular flexibility index (Phi) is 6.51. The Morgan fingerprint density at radius 3 is 2.76 bits per heavy atom. The lowest BCUT2D eigenvalue weighted by Crippen LogP contribution is -2.47. The third-order valence-electron chi connectivity index (χ3n) is 4.78. The fourth-order valence-corrected chi connectivity index (χ4v) is 3.98. The molecule has 0 aliphatic carbocycles. The Bertz CT molecular complexity index is 900. The highest BCUT2D eigenvalue weighted by atomic mass is 32.1. The van der Waals surface area contributed by atoms with Gasteiger partial charge in [0.05, 0.1) is 12.7 Å². The molecule has 0 saturated carbocycles. The van der Waals surface area contributed by atoms with E-state index in [9.17, 15) is 4.79 Å². The number of aromatic nitrogens is 1. The monoisotopic (exact) mass is 408 g/mol. The minimum absolute atomic E-state index is 0.00880. The van der Waals surface area contributed by atoms with Crippen LogP contribution in [0.15, 0.2) is 66.2 Å². The van der Waals surface area contributed by atoms with E-state index in [2.05, 4.69) is 44.8 Å². The van der Waals surface area contributed by atoms with Gasteiger partial charge in [0.15, 0.2) is 0 Å². The second-order valence-electron chi connectivity index (χ2n) is 6.96. The smallest absolute Gasteiger partial charge is 0.319 e. The van der Waals surface area contributed by atoms with Gasteiger partial charge >= 0.3 is 6.03 Å². The zero-order valence-corrected chi connectivity index (χ0v) is 16.9. The summed E-state index contributed by atoms with van der Waals surface area (Å²) in [7, 11) is 0. The molecule has 6 nitrogen and oxygen atoms in total. The predicted octanol–water partition coefficient (Wildman–Crippen LogP) is 3.83. The van der Waals surface area contributed by atoms with Gasteiger partial charge in [-0.2, -0.15) is 0 Å². The van der Waals surface area contributed by atoms with Crippen LogP contribution in [-0.2, 0) is 11.3 Å². The molecule has 1 aromatic heterocycles. The second kappa shape index (κ2) is 9.65. The number of morpholine rings is 1.